The second-order valence-electron chi connectivity index (χ2n) is 9.06. The number of piperidine rings is 1. The van der Waals surface area contributed by atoms with Crippen molar-refractivity contribution in [1.82, 2.24) is 9.21 Å². The first-order valence-corrected chi connectivity index (χ1v) is 13.3. The fourth-order valence-electron chi connectivity index (χ4n) is 4.45. The number of likely N-dealkylation sites (tertiary alicyclic amines) is 1. The van der Waals surface area contributed by atoms with E-state index in [0.29, 0.717) is 30.6 Å². The van der Waals surface area contributed by atoms with Gasteiger partial charge in [0.25, 0.3) is 0 Å². The molecule has 8 nitrogen and oxygen atoms in total. The Bertz CT molecular complexity index is 1140. The highest BCUT2D eigenvalue weighted by Gasteiger charge is 2.25. The quantitative estimate of drug-likeness (QED) is 0.629. The number of nitrogens with zero attached hydrogens (tertiary/aromatic N) is 2. The Morgan fingerprint density at radius 1 is 1.03 bits per heavy atom. The Balaban J connectivity index is 1.35. The van der Waals surface area contributed by atoms with Crippen LogP contribution in [-0.2, 0) is 32.6 Å². The third-order valence-electron chi connectivity index (χ3n) is 6.37. The highest BCUT2D eigenvalue weighted by Crippen LogP contribution is 2.26. The van der Waals surface area contributed by atoms with Crippen molar-refractivity contribution in [3.8, 4) is 0 Å². The number of carbonyl (C=O) groups is 2. The van der Waals surface area contributed by atoms with Crippen LogP contribution < -0.4 is 10.6 Å². The molecule has 2 heterocycles. The molecule has 9 heteroatoms. The normalized spacial score (nSPS) is 17.1. The van der Waals surface area contributed by atoms with Crippen molar-refractivity contribution in [2.75, 3.05) is 37.3 Å². The van der Waals surface area contributed by atoms with Crippen LogP contribution in [-0.4, -0.2) is 56.1 Å². The number of hydrogen-bond donors (Lipinski definition) is 2. The van der Waals surface area contributed by atoms with Crippen molar-refractivity contribution < 1.29 is 18.0 Å². The number of sulfonamides is 1. The third-order valence-corrected chi connectivity index (χ3v) is 8.17. The number of hydrogen-bond acceptors (Lipinski definition) is 5. The predicted octanol–water partition coefficient (Wildman–Crippen LogP) is 3.21. The molecular formula is C25H32N4O4S. The summed E-state index contributed by atoms with van der Waals surface area (Å²) in [6, 6.07) is 12.4. The summed E-state index contributed by atoms with van der Waals surface area (Å²) in [5.74, 6) is -0.473. The van der Waals surface area contributed by atoms with Gasteiger partial charge in [0.2, 0.25) is 21.8 Å². The molecule has 2 aromatic rings. The molecule has 2 aromatic carbocycles. The zero-order chi connectivity index (χ0) is 24.1. The van der Waals surface area contributed by atoms with Gasteiger partial charge in [-0.3, -0.25) is 14.5 Å². The van der Waals surface area contributed by atoms with Crippen LogP contribution in [0.25, 0.3) is 0 Å². The van der Waals surface area contributed by atoms with E-state index < -0.39 is 15.9 Å². The first kappa shape index (κ1) is 24.4. The number of rotatable bonds is 7. The molecule has 0 bridgehead atoms. The topological polar surface area (TPSA) is 98.8 Å². The largest absolute Gasteiger partial charge is 0.326 e. The van der Waals surface area contributed by atoms with Crippen molar-refractivity contribution >= 4 is 33.2 Å². The van der Waals surface area contributed by atoms with Gasteiger partial charge in [-0.2, -0.15) is 4.31 Å². The van der Waals surface area contributed by atoms with Crippen LogP contribution in [0.4, 0.5) is 11.4 Å². The number of nitrogens with one attached hydrogen (secondary N) is 2. The lowest BCUT2D eigenvalue weighted by Gasteiger charge is -2.26. The Morgan fingerprint density at radius 3 is 2.50 bits per heavy atom. The van der Waals surface area contributed by atoms with E-state index in [1.165, 1.54) is 37.9 Å². The molecule has 0 aromatic heterocycles. The first-order chi connectivity index (χ1) is 16.3. The SMILES string of the molecule is CN(CC(=O)Nc1ccc(CN2CCCCC2)cc1)S(=O)(=O)c1ccc2c(c1)CCCC(=O)N2. The summed E-state index contributed by atoms with van der Waals surface area (Å²) < 4.78 is 27.1. The molecule has 0 atom stereocenters. The zero-order valence-corrected chi connectivity index (χ0v) is 20.4. The first-order valence-electron chi connectivity index (χ1n) is 11.8. The summed E-state index contributed by atoms with van der Waals surface area (Å²) in [4.78, 5) is 26.8. The van der Waals surface area contributed by atoms with E-state index in [-0.39, 0.29) is 17.3 Å². The van der Waals surface area contributed by atoms with Crippen LogP contribution in [0.1, 0.15) is 43.2 Å². The van der Waals surface area contributed by atoms with Crippen molar-refractivity contribution in [3.05, 3.63) is 53.6 Å². The van der Waals surface area contributed by atoms with Gasteiger partial charge >= 0.3 is 0 Å². The van der Waals surface area contributed by atoms with E-state index >= 15 is 0 Å². The Morgan fingerprint density at radius 2 is 1.76 bits per heavy atom. The van der Waals surface area contributed by atoms with Gasteiger partial charge in [0, 0.05) is 31.4 Å². The maximum absolute atomic E-state index is 13.0. The summed E-state index contributed by atoms with van der Waals surface area (Å²) in [5.41, 5.74) is 3.26. The van der Waals surface area contributed by atoms with Gasteiger partial charge < -0.3 is 10.6 Å². The lowest BCUT2D eigenvalue weighted by atomic mass is 10.1. The van der Waals surface area contributed by atoms with Crippen LogP contribution >= 0.6 is 0 Å². The van der Waals surface area contributed by atoms with E-state index in [2.05, 4.69) is 15.5 Å². The molecule has 0 saturated carbocycles. The molecule has 4 rings (SSSR count). The van der Waals surface area contributed by atoms with Gasteiger partial charge in [0.05, 0.1) is 11.4 Å². The average Bonchev–Trinajstić information content (AvgIpc) is 3.00. The summed E-state index contributed by atoms with van der Waals surface area (Å²) in [6.45, 7) is 2.85. The molecule has 34 heavy (non-hydrogen) atoms. The number of fused-ring (bicyclic) bond motifs is 1. The minimum Gasteiger partial charge on any atom is -0.326 e. The van der Waals surface area contributed by atoms with Crippen LogP contribution in [0.2, 0.25) is 0 Å². The van der Waals surface area contributed by atoms with Crippen LogP contribution in [0.3, 0.4) is 0 Å². The molecule has 1 fully saturated rings. The molecule has 0 radical (unpaired) electrons. The molecule has 0 spiro atoms. The summed E-state index contributed by atoms with van der Waals surface area (Å²) in [5, 5.41) is 5.59. The number of amides is 2. The van der Waals surface area contributed by atoms with Gasteiger partial charge in [0.1, 0.15) is 0 Å². The van der Waals surface area contributed by atoms with Crippen LogP contribution in [0, 0.1) is 0 Å². The van der Waals surface area contributed by atoms with Crippen LogP contribution in [0.15, 0.2) is 47.4 Å². The molecule has 0 aliphatic carbocycles. The minimum atomic E-state index is -3.85. The molecular weight excluding hydrogens is 452 g/mol. The van der Waals surface area contributed by atoms with E-state index in [1.54, 1.807) is 12.1 Å². The van der Waals surface area contributed by atoms with Gasteiger partial charge in [-0.15, -0.1) is 0 Å². The van der Waals surface area contributed by atoms with Crippen molar-refractivity contribution in [2.24, 2.45) is 0 Å². The highest BCUT2D eigenvalue weighted by atomic mass is 32.2. The molecule has 2 amide bonds. The lowest BCUT2D eigenvalue weighted by Crippen LogP contribution is -2.35. The monoisotopic (exact) mass is 484 g/mol. The number of likely N-dealkylation sites (N-methyl/N-ethyl adjacent to an activating group) is 1. The molecule has 2 aliphatic heterocycles. The van der Waals surface area contributed by atoms with E-state index in [1.807, 2.05) is 24.3 Å². The van der Waals surface area contributed by atoms with Crippen LogP contribution in [0.5, 0.6) is 0 Å². The third kappa shape index (κ3) is 6.02. The Hall–Kier alpha value is -2.75. The molecule has 2 aliphatic rings. The maximum atomic E-state index is 13.0. The van der Waals surface area contributed by atoms with Crippen molar-refractivity contribution in [3.63, 3.8) is 0 Å². The zero-order valence-electron chi connectivity index (χ0n) is 19.5. The number of carbonyl (C=O) groups excluding carboxylic acids is 2. The van der Waals surface area contributed by atoms with Crippen molar-refractivity contribution in [2.45, 2.75) is 50.0 Å². The van der Waals surface area contributed by atoms with Gasteiger partial charge in [0.15, 0.2) is 0 Å². The van der Waals surface area contributed by atoms with Crippen molar-refractivity contribution in [1.29, 1.82) is 0 Å². The fourth-order valence-corrected chi connectivity index (χ4v) is 5.63. The van der Waals surface area contributed by atoms with Gasteiger partial charge in [-0.1, -0.05) is 18.6 Å². The Kier molecular flexibility index (Phi) is 7.65. The fraction of sp³-hybridized carbons (Fsp3) is 0.440. The molecule has 182 valence electrons. The number of benzene rings is 2. The van der Waals surface area contributed by atoms with E-state index in [0.717, 1.165) is 29.5 Å². The van der Waals surface area contributed by atoms with Gasteiger partial charge in [-0.25, -0.2) is 8.42 Å². The second-order valence-corrected chi connectivity index (χ2v) is 11.1. The number of anilines is 2. The molecule has 2 N–H and O–H groups in total. The summed E-state index contributed by atoms with van der Waals surface area (Å²) >= 11 is 0. The Labute approximate surface area is 201 Å². The van der Waals surface area contributed by atoms with E-state index in [4.69, 9.17) is 0 Å². The highest BCUT2D eigenvalue weighted by molar-refractivity contribution is 7.89. The summed E-state index contributed by atoms with van der Waals surface area (Å²) in [6.07, 6.45) is 5.48. The van der Waals surface area contributed by atoms with E-state index in [9.17, 15) is 18.0 Å². The number of aryl methyl sites for hydroxylation is 1. The predicted molar refractivity (Wildman–Crippen MR) is 132 cm³/mol. The maximum Gasteiger partial charge on any atom is 0.243 e. The summed E-state index contributed by atoms with van der Waals surface area (Å²) in [7, 11) is -2.46. The second kappa shape index (κ2) is 10.7. The molecule has 1 saturated heterocycles. The smallest absolute Gasteiger partial charge is 0.243 e. The standard InChI is InChI=1S/C25H32N4O4S/c1-28(34(32,33)22-12-13-23-20(16-22)6-5-7-24(30)27-23)18-25(31)26-21-10-8-19(9-11-21)17-29-14-3-2-4-15-29/h8-13,16H,2-7,14-15,17-18H2,1H3,(H,26,31)(H,27,30). The lowest BCUT2D eigenvalue weighted by molar-refractivity contribution is -0.117. The minimum absolute atomic E-state index is 0.0670. The average molecular weight is 485 g/mol. The molecule has 0 unspecified atom stereocenters. The van der Waals surface area contributed by atoms with Gasteiger partial charge in [-0.05, 0) is 80.2 Å².